The summed E-state index contributed by atoms with van der Waals surface area (Å²) >= 11 is 1.90. The van der Waals surface area contributed by atoms with Crippen LogP contribution >= 0.6 is 11.9 Å². The average molecular weight is 484 g/mol. The van der Waals surface area contributed by atoms with Gasteiger partial charge in [-0.25, -0.2) is 4.98 Å². The third-order valence-corrected chi connectivity index (χ3v) is 7.28. The van der Waals surface area contributed by atoms with Gasteiger partial charge in [-0.2, -0.15) is 5.10 Å². The van der Waals surface area contributed by atoms with Gasteiger partial charge in [0, 0.05) is 59.5 Å². The molecular formula is C24H23F2N5O2S. The second-order valence-corrected chi connectivity index (χ2v) is 9.79. The maximum atomic E-state index is 13.4. The van der Waals surface area contributed by atoms with Gasteiger partial charge in [-0.05, 0) is 36.6 Å². The molecule has 1 saturated heterocycles. The number of hydrogen-bond acceptors (Lipinski definition) is 6. The van der Waals surface area contributed by atoms with Crippen LogP contribution in [0.3, 0.4) is 0 Å². The van der Waals surface area contributed by atoms with Crippen molar-refractivity contribution in [1.29, 1.82) is 0 Å². The number of nitrogens with zero attached hydrogens (tertiary/aromatic N) is 4. The lowest BCUT2D eigenvalue weighted by atomic mass is 10.0. The molecule has 2 aliphatic heterocycles. The first-order chi connectivity index (χ1) is 16.5. The maximum absolute atomic E-state index is 13.4. The highest BCUT2D eigenvalue weighted by Crippen LogP contribution is 2.44. The number of halogens is 2. The van der Waals surface area contributed by atoms with Gasteiger partial charge in [0.25, 0.3) is 0 Å². The fourth-order valence-corrected chi connectivity index (χ4v) is 5.46. The van der Waals surface area contributed by atoms with E-state index >= 15 is 0 Å². The molecule has 176 valence electrons. The lowest BCUT2D eigenvalue weighted by molar-refractivity contribution is -0.286. The summed E-state index contributed by atoms with van der Waals surface area (Å²) in [6.07, 6.45) is 6.14. The summed E-state index contributed by atoms with van der Waals surface area (Å²) < 4.78 is 40.5. The van der Waals surface area contributed by atoms with Crippen LogP contribution in [-0.4, -0.2) is 49.2 Å². The number of alkyl halides is 2. The van der Waals surface area contributed by atoms with Crippen LogP contribution in [0.5, 0.6) is 11.5 Å². The summed E-state index contributed by atoms with van der Waals surface area (Å²) in [6.45, 7) is 4.32. The molecule has 0 amide bonds. The number of H-pyrrole nitrogens is 1. The van der Waals surface area contributed by atoms with E-state index in [2.05, 4.69) is 52.7 Å². The van der Waals surface area contributed by atoms with E-state index in [0.717, 1.165) is 65.0 Å². The van der Waals surface area contributed by atoms with Crippen LogP contribution in [0.2, 0.25) is 0 Å². The zero-order valence-electron chi connectivity index (χ0n) is 18.5. The number of rotatable bonds is 5. The molecule has 7 nitrogen and oxygen atoms in total. The Bertz CT molecular complexity index is 1350. The number of ether oxygens (including phenoxy) is 2. The van der Waals surface area contributed by atoms with Crippen molar-refractivity contribution in [2.24, 2.45) is 0 Å². The number of hydrogen-bond donors (Lipinski definition) is 1. The van der Waals surface area contributed by atoms with Gasteiger partial charge in [-0.3, -0.25) is 8.99 Å². The molecule has 0 atom stereocenters. The van der Waals surface area contributed by atoms with Gasteiger partial charge in [-0.15, -0.1) is 8.78 Å². The largest absolute Gasteiger partial charge is 0.586 e. The van der Waals surface area contributed by atoms with Crippen molar-refractivity contribution in [2.45, 2.75) is 32.1 Å². The van der Waals surface area contributed by atoms with Gasteiger partial charge in [0.15, 0.2) is 11.5 Å². The Kier molecular flexibility index (Phi) is 5.22. The van der Waals surface area contributed by atoms with E-state index in [0.29, 0.717) is 6.04 Å². The minimum atomic E-state index is -3.64. The molecule has 34 heavy (non-hydrogen) atoms. The van der Waals surface area contributed by atoms with Crippen molar-refractivity contribution in [2.75, 3.05) is 18.8 Å². The number of fused-ring (bicyclic) bond motifs is 2. The quantitative estimate of drug-likeness (QED) is 0.366. The van der Waals surface area contributed by atoms with Crippen LogP contribution in [0.1, 0.15) is 25.8 Å². The van der Waals surface area contributed by atoms with Crippen LogP contribution in [0.25, 0.3) is 33.3 Å². The number of aromatic amines is 1. The van der Waals surface area contributed by atoms with Crippen molar-refractivity contribution in [1.82, 2.24) is 24.1 Å². The molecule has 1 N–H and O–H groups in total. The van der Waals surface area contributed by atoms with Gasteiger partial charge in [0.05, 0.1) is 12.2 Å². The summed E-state index contributed by atoms with van der Waals surface area (Å²) in [5.41, 5.74) is 4.25. The first kappa shape index (κ1) is 21.4. The van der Waals surface area contributed by atoms with Crippen LogP contribution in [0.15, 0.2) is 49.1 Å². The Morgan fingerprint density at radius 3 is 2.74 bits per heavy atom. The molecule has 2 aliphatic rings. The van der Waals surface area contributed by atoms with Gasteiger partial charge in [0.1, 0.15) is 5.65 Å². The second-order valence-electron chi connectivity index (χ2n) is 8.44. The van der Waals surface area contributed by atoms with Crippen LogP contribution < -0.4 is 9.47 Å². The number of benzene rings is 1. The molecule has 4 aromatic rings. The summed E-state index contributed by atoms with van der Waals surface area (Å²) in [7, 11) is 0. The maximum Gasteiger partial charge on any atom is 0.586 e. The van der Waals surface area contributed by atoms with E-state index in [1.807, 2.05) is 30.5 Å². The first-order valence-electron chi connectivity index (χ1n) is 11.3. The number of aromatic nitrogens is 4. The van der Waals surface area contributed by atoms with Crippen LogP contribution in [0, 0.1) is 0 Å². The zero-order chi connectivity index (χ0) is 23.3. The zero-order valence-corrected chi connectivity index (χ0v) is 19.3. The van der Waals surface area contributed by atoms with Crippen LogP contribution in [-0.2, 0) is 0 Å². The summed E-state index contributed by atoms with van der Waals surface area (Å²) in [5, 5.41) is 5.53. The normalized spacial score (nSPS) is 18.1. The van der Waals surface area contributed by atoms with E-state index in [1.165, 1.54) is 6.07 Å². The summed E-state index contributed by atoms with van der Waals surface area (Å²) in [6, 6.07) is 7.24. The lowest BCUT2D eigenvalue weighted by Crippen LogP contribution is -2.30. The van der Waals surface area contributed by atoms with Gasteiger partial charge >= 0.3 is 6.29 Å². The number of pyridine rings is 1. The van der Waals surface area contributed by atoms with Crippen molar-refractivity contribution in [3.8, 4) is 33.8 Å². The van der Waals surface area contributed by atoms with Gasteiger partial charge < -0.3 is 14.5 Å². The predicted octanol–water partition coefficient (Wildman–Crippen LogP) is 5.72. The Morgan fingerprint density at radius 2 is 1.91 bits per heavy atom. The molecule has 0 aliphatic carbocycles. The van der Waals surface area contributed by atoms with Gasteiger partial charge in [-0.1, -0.05) is 24.9 Å². The van der Waals surface area contributed by atoms with Gasteiger partial charge in [0.2, 0.25) is 0 Å². The molecule has 5 heterocycles. The Balaban J connectivity index is 1.27. The molecule has 1 aromatic carbocycles. The standard InChI is InChI=1S/C24H23F2N5O2S/c1-2-34-30-7-5-18(6-8-30)31-14-17(12-29-31)16-9-19-20(13-28-23(19)27-11-16)15-3-4-21-22(10-15)33-24(25,26)32-21/h3-4,9-14,18H,2,5-8H2,1H3,(H,27,28). The van der Waals surface area contributed by atoms with E-state index in [-0.39, 0.29) is 11.5 Å². The van der Waals surface area contributed by atoms with Crippen LogP contribution in [0.4, 0.5) is 8.78 Å². The molecule has 0 saturated carbocycles. The smallest absolute Gasteiger partial charge is 0.395 e. The predicted molar refractivity (Wildman–Crippen MR) is 127 cm³/mol. The fourth-order valence-electron chi connectivity index (χ4n) is 4.62. The van der Waals surface area contributed by atoms with Crippen molar-refractivity contribution < 1.29 is 18.3 Å². The van der Waals surface area contributed by atoms with Crippen molar-refractivity contribution >= 4 is 23.0 Å². The third-order valence-electron chi connectivity index (χ3n) is 6.29. The number of nitrogens with one attached hydrogen (secondary N) is 1. The molecule has 0 unspecified atom stereocenters. The molecule has 0 spiro atoms. The molecule has 0 bridgehead atoms. The monoisotopic (exact) mass is 483 g/mol. The molecular weight excluding hydrogens is 460 g/mol. The highest BCUT2D eigenvalue weighted by Gasteiger charge is 2.43. The van der Waals surface area contributed by atoms with E-state index < -0.39 is 6.29 Å². The molecule has 10 heteroatoms. The minimum Gasteiger partial charge on any atom is -0.395 e. The number of piperidine rings is 1. The fraction of sp³-hybridized carbons (Fsp3) is 0.333. The molecule has 6 rings (SSSR count). The average Bonchev–Trinajstić information content (AvgIpc) is 3.54. The van der Waals surface area contributed by atoms with Crippen molar-refractivity contribution in [3.63, 3.8) is 0 Å². The Labute approximate surface area is 199 Å². The molecule has 0 radical (unpaired) electrons. The van der Waals surface area contributed by atoms with Crippen molar-refractivity contribution in [3.05, 3.63) is 49.1 Å². The lowest BCUT2D eigenvalue weighted by Gasteiger charge is -2.30. The summed E-state index contributed by atoms with van der Waals surface area (Å²) in [5.74, 6) is 1.15. The highest BCUT2D eigenvalue weighted by molar-refractivity contribution is 7.96. The topological polar surface area (TPSA) is 68.2 Å². The van der Waals surface area contributed by atoms with E-state index in [9.17, 15) is 8.78 Å². The van der Waals surface area contributed by atoms with E-state index in [1.54, 1.807) is 12.1 Å². The Morgan fingerprint density at radius 1 is 1.09 bits per heavy atom. The Hall–Kier alpha value is -3.11. The second kappa shape index (κ2) is 8.28. The molecule has 3 aromatic heterocycles. The SMILES string of the molecule is CCSN1CCC(n2cc(-c3cnc4[nH]cc(-c5ccc6c(c5)OC(F)(F)O6)c4c3)cn2)CC1. The first-order valence-corrected chi connectivity index (χ1v) is 12.2. The molecule has 1 fully saturated rings. The minimum absolute atomic E-state index is 0.0191. The highest BCUT2D eigenvalue weighted by atomic mass is 32.2. The summed E-state index contributed by atoms with van der Waals surface area (Å²) in [4.78, 5) is 7.74. The van der Waals surface area contributed by atoms with E-state index in [4.69, 9.17) is 0 Å². The third kappa shape index (κ3) is 3.90.